The van der Waals surface area contributed by atoms with E-state index in [9.17, 15) is 4.79 Å². The van der Waals surface area contributed by atoms with E-state index in [1.54, 1.807) is 0 Å². The second-order valence-electron chi connectivity index (χ2n) is 9.61. The van der Waals surface area contributed by atoms with E-state index in [2.05, 4.69) is 43.0 Å². The molecular formula is C30H37ClN4O. The molecule has 1 amide bonds. The first kappa shape index (κ1) is 26.2. The molecule has 1 aromatic heterocycles. The van der Waals surface area contributed by atoms with Gasteiger partial charge in [-0.1, -0.05) is 62.6 Å². The minimum Gasteiger partial charge on any atom is -0.353 e. The lowest BCUT2D eigenvalue weighted by Gasteiger charge is -2.36. The normalized spacial score (nSPS) is 13.8. The van der Waals surface area contributed by atoms with Crippen LogP contribution in [0, 0.1) is 6.92 Å². The van der Waals surface area contributed by atoms with Crippen LogP contribution in [0.25, 0.3) is 0 Å². The van der Waals surface area contributed by atoms with Gasteiger partial charge in [0.15, 0.2) is 0 Å². The molecule has 0 atom stereocenters. The molecule has 0 N–H and O–H groups in total. The van der Waals surface area contributed by atoms with Gasteiger partial charge in [0.1, 0.15) is 11.6 Å². The number of carbonyl (C=O) groups is 1. The van der Waals surface area contributed by atoms with Crippen LogP contribution in [0.3, 0.4) is 0 Å². The van der Waals surface area contributed by atoms with Gasteiger partial charge in [-0.15, -0.1) is 0 Å². The van der Waals surface area contributed by atoms with Crippen LogP contribution < -0.4 is 4.90 Å². The fraction of sp³-hybridized carbons (Fsp3) is 0.433. The third kappa shape index (κ3) is 6.44. The number of aromatic nitrogens is 2. The molecule has 2 aromatic carbocycles. The lowest BCUT2D eigenvalue weighted by molar-refractivity contribution is 0.0746. The van der Waals surface area contributed by atoms with Crippen molar-refractivity contribution in [3.05, 3.63) is 87.3 Å². The molecule has 5 nitrogen and oxygen atoms in total. The third-order valence-corrected chi connectivity index (χ3v) is 7.20. The van der Waals surface area contributed by atoms with Crippen molar-refractivity contribution in [2.24, 2.45) is 0 Å². The van der Waals surface area contributed by atoms with Crippen LogP contribution in [-0.4, -0.2) is 47.0 Å². The summed E-state index contributed by atoms with van der Waals surface area (Å²) in [6.45, 7) is 9.20. The molecule has 0 aliphatic carbocycles. The van der Waals surface area contributed by atoms with Crippen molar-refractivity contribution >= 4 is 23.3 Å². The predicted octanol–water partition coefficient (Wildman–Crippen LogP) is 6.29. The Balaban J connectivity index is 1.45. The first-order chi connectivity index (χ1) is 17.5. The summed E-state index contributed by atoms with van der Waals surface area (Å²) in [4.78, 5) is 27.1. The van der Waals surface area contributed by atoms with E-state index in [0.29, 0.717) is 13.1 Å². The van der Waals surface area contributed by atoms with E-state index >= 15 is 0 Å². The topological polar surface area (TPSA) is 49.3 Å². The Kier molecular flexibility index (Phi) is 8.98. The molecule has 4 rings (SSSR count). The Labute approximate surface area is 220 Å². The maximum atomic E-state index is 13.2. The first-order valence-electron chi connectivity index (χ1n) is 13.2. The highest BCUT2D eigenvalue weighted by atomic mass is 35.5. The number of benzene rings is 2. The van der Waals surface area contributed by atoms with Crippen molar-refractivity contribution in [1.82, 2.24) is 14.9 Å². The van der Waals surface area contributed by atoms with Crippen LogP contribution in [0.15, 0.2) is 48.5 Å². The lowest BCUT2D eigenvalue weighted by atomic mass is 10.0. The van der Waals surface area contributed by atoms with Gasteiger partial charge in [0.05, 0.1) is 0 Å². The van der Waals surface area contributed by atoms with Crippen LogP contribution in [0.4, 0.5) is 5.82 Å². The predicted molar refractivity (Wildman–Crippen MR) is 148 cm³/mol. The summed E-state index contributed by atoms with van der Waals surface area (Å²) in [5, 5.41) is 0.738. The van der Waals surface area contributed by atoms with Crippen LogP contribution in [-0.2, 0) is 19.3 Å². The van der Waals surface area contributed by atoms with Crippen molar-refractivity contribution in [3.63, 3.8) is 0 Å². The fourth-order valence-electron chi connectivity index (χ4n) is 4.88. The summed E-state index contributed by atoms with van der Waals surface area (Å²) in [6.07, 6.45) is 6.37. The number of anilines is 1. The quantitative estimate of drug-likeness (QED) is 0.321. The van der Waals surface area contributed by atoms with E-state index in [4.69, 9.17) is 21.6 Å². The Morgan fingerprint density at radius 2 is 1.56 bits per heavy atom. The van der Waals surface area contributed by atoms with Gasteiger partial charge in [0, 0.05) is 54.4 Å². The molecule has 6 heteroatoms. The lowest BCUT2D eigenvalue weighted by Crippen LogP contribution is -2.49. The SMILES string of the molecule is CCCCCc1ccc(C(=O)N2CCN(c3nc(C)nc(CC)c3Cc3ccc(Cl)cc3)CC2)cc1. The molecule has 2 heterocycles. The van der Waals surface area contributed by atoms with E-state index in [1.165, 1.54) is 36.0 Å². The summed E-state index contributed by atoms with van der Waals surface area (Å²) in [7, 11) is 0. The number of hydrogen-bond donors (Lipinski definition) is 0. The van der Waals surface area contributed by atoms with Gasteiger partial charge >= 0.3 is 0 Å². The largest absolute Gasteiger partial charge is 0.353 e. The number of amides is 1. The number of carbonyl (C=O) groups excluding carboxylic acids is 1. The molecule has 3 aromatic rings. The zero-order chi connectivity index (χ0) is 25.5. The molecule has 1 aliphatic heterocycles. The molecule has 0 spiro atoms. The number of piperazine rings is 1. The van der Waals surface area contributed by atoms with Crippen LogP contribution in [0.2, 0.25) is 5.02 Å². The summed E-state index contributed by atoms with van der Waals surface area (Å²) in [6, 6.07) is 16.2. The number of rotatable bonds is 9. The first-order valence-corrected chi connectivity index (χ1v) is 13.6. The van der Waals surface area contributed by atoms with Crippen LogP contribution >= 0.6 is 11.6 Å². The molecule has 0 unspecified atom stereocenters. The van der Waals surface area contributed by atoms with Gasteiger partial charge in [0.2, 0.25) is 0 Å². The average Bonchev–Trinajstić information content (AvgIpc) is 2.91. The minimum atomic E-state index is 0.115. The summed E-state index contributed by atoms with van der Waals surface area (Å²) in [5.41, 5.74) is 5.53. The fourth-order valence-corrected chi connectivity index (χ4v) is 5.00. The zero-order valence-corrected chi connectivity index (χ0v) is 22.5. The smallest absolute Gasteiger partial charge is 0.253 e. The van der Waals surface area contributed by atoms with E-state index in [1.807, 2.05) is 36.1 Å². The van der Waals surface area contributed by atoms with Crippen molar-refractivity contribution in [3.8, 4) is 0 Å². The maximum Gasteiger partial charge on any atom is 0.253 e. The monoisotopic (exact) mass is 504 g/mol. The molecule has 0 saturated carbocycles. The van der Waals surface area contributed by atoms with E-state index in [-0.39, 0.29) is 5.91 Å². The number of unbranched alkanes of at least 4 members (excludes halogenated alkanes) is 2. The standard InChI is InChI=1S/C30H37ClN4O/c1-4-6-7-8-23-9-13-25(14-10-23)30(36)35-19-17-34(18-20-35)29-27(28(5-2)32-22(3)33-29)21-24-11-15-26(31)16-12-24/h9-16H,4-8,17-21H2,1-3H3. The van der Waals surface area contributed by atoms with Crippen LogP contribution in [0.1, 0.15) is 71.7 Å². The second kappa shape index (κ2) is 12.4. The van der Waals surface area contributed by atoms with Crippen LogP contribution in [0.5, 0.6) is 0 Å². The molecule has 0 radical (unpaired) electrons. The van der Waals surface area contributed by atoms with Crippen molar-refractivity contribution in [1.29, 1.82) is 0 Å². The Morgan fingerprint density at radius 1 is 0.889 bits per heavy atom. The Bertz CT molecular complexity index is 1150. The Hall–Kier alpha value is -2.92. The van der Waals surface area contributed by atoms with Gasteiger partial charge in [-0.25, -0.2) is 9.97 Å². The van der Waals surface area contributed by atoms with Crippen molar-refractivity contribution in [2.45, 2.75) is 59.3 Å². The highest BCUT2D eigenvalue weighted by molar-refractivity contribution is 6.30. The molecule has 1 saturated heterocycles. The summed E-state index contributed by atoms with van der Waals surface area (Å²) < 4.78 is 0. The number of nitrogens with zero attached hydrogens (tertiary/aromatic N) is 4. The second-order valence-corrected chi connectivity index (χ2v) is 10.0. The molecule has 36 heavy (non-hydrogen) atoms. The third-order valence-electron chi connectivity index (χ3n) is 6.95. The van der Waals surface area contributed by atoms with Gasteiger partial charge in [0.25, 0.3) is 5.91 Å². The molecule has 1 aliphatic rings. The van der Waals surface area contributed by atoms with Gasteiger partial charge in [-0.05, 0) is 61.6 Å². The highest BCUT2D eigenvalue weighted by Gasteiger charge is 2.26. The van der Waals surface area contributed by atoms with Gasteiger partial charge in [-0.3, -0.25) is 4.79 Å². The average molecular weight is 505 g/mol. The number of aryl methyl sites for hydroxylation is 3. The molecule has 190 valence electrons. The van der Waals surface area contributed by atoms with Gasteiger partial charge < -0.3 is 9.80 Å². The van der Waals surface area contributed by atoms with Gasteiger partial charge in [-0.2, -0.15) is 0 Å². The number of halogens is 1. The molecule has 0 bridgehead atoms. The molecule has 1 fully saturated rings. The summed E-state index contributed by atoms with van der Waals surface area (Å²) in [5.74, 6) is 1.90. The number of hydrogen-bond acceptors (Lipinski definition) is 4. The van der Waals surface area contributed by atoms with Crippen molar-refractivity contribution in [2.75, 3.05) is 31.1 Å². The highest BCUT2D eigenvalue weighted by Crippen LogP contribution is 2.27. The Morgan fingerprint density at radius 3 is 2.19 bits per heavy atom. The van der Waals surface area contributed by atoms with E-state index in [0.717, 1.165) is 60.3 Å². The van der Waals surface area contributed by atoms with Crippen molar-refractivity contribution < 1.29 is 4.79 Å². The maximum absolute atomic E-state index is 13.2. The van der Waals surface area contributed by atoms with E-state index < -0.39 is 0 Å². The summed E-state index contributed by atoms with van der Waals surface area (Å²) >= 11 is 6.10. The zero-order valence-electron chi connectivity index (χ0n) is 21.8. The minimum absolute atomic E-state index is 0.115. The molecular weight excluding hydrogens is 468 g/mol.